The average molecular weight is 400 g/mol. The Bertz CT molecular complexity index is 1190. The van der Waals surface area contributed by atoms with E-state index in [1.807, 2.05) is 43.3 Å². The van der Waals surface area contributed by atoms with E-state index in [0.29, 0.717) is 28.4 Å². The van der Waals surface area contributed by atoms with Crippen LogP contribution in [0.1, 0.15) is 23.0 Å². The van der Waals surface area contributed by atoms with E-state index < -0.39 is 0 Å². The van der Waals surface area contributed by atoms with Gasteiger partial charge < -0.3 is 15.1 Å². The van der Waals surface area contributed by atoms with Crippen molar-refractivity contribution in [1.82, 2.24) is 9.78 Å². The zero-order valence-corrected chi connectivity index (χ0v) is 16.5. The van der Waals surface area contributed by atoms with Gasteiger partial charge in [-0.3, -0.25) is 9.59 Å². The molecule has 0 saturated heterocycles. The summed E-state index contributed by atoms with van der Waals surface area (Å²) in [6.45, 7) is 3.28. The van der Waals surface area contributed by atoms with E-state index >= 15 is 0 Å². The van der Waals surface area contributed by atoms with Crippen LogP contribution in [-0.4, -0.2) is 21.6 Å². The molecule has 2 N–H and O–H groups in total. The third-order valence-electron chi connectivity index (χ3n) is 4.42. The van der Waals surface area contributed by atoms with Crippen molar-refractivity contribution in [3.05, 3.63) is 84.3 Å². The van der Waals surface area contributed by atoms with Crippen molar-refractivity contribution in [3.8, 4) is 17.1 Å². The lowest BCUT2D eigenvalue weighted by atomic mass is 10.2. The van der Waals surface area contributed by atoms with Crippen LogP contribution in [0.4, 0.5) is 11.4 Å². The van der Waals surface area contributed by atoms with Gasteiger partial charge in [-0.2, -0.15) is 5.10 Å². The summed E-state index contributed by atoms with van der Waals surface area (Å²) in [6.07, 6.45) is 1.68. The molecule has 0 saturated carbocycles. The fraction of sp³-hybridized carbons (Fsp3) is 0.0870. The minimum atomic E-state index is -0.312. The fourth-order valence-corrected chi connectivity index (χ4v) is 3.04. The van der Waals surface area contributed by atoms with Gasteiger partial charge in [0.05, 0.1) is 11.3 Å². The summed E-state index contributed by atoms with van der Waals surface area (Å²) in [5, 5.41) is 10.2. The molecule has 0 aliphatic heterocycles. The van der Waals surface area contributed by atoms with Crippen LogP contribution in [0.5, 0.6) is 0 Å². The molecule has 30 heavy (non-hydrogen) atoms. The summed E-state index contributed by atoms with van der Waals surface area (Å²) in [5.74, 6) is 0.791. The highest BCUT2D eigenvalue weighted by Gasteiger charge is 2.21. The summed E-state index contributed by atoms with van der Waals surface area (Å²) in [4.78, 5) is 24.2. The van der Waals surface area contributed by atoms with Crippen LogP contribution in [0, 0.1) is 6.92 Å². The first kappa shape index (κ1) is 19.2. The maximum Gasteiger partial charge on any atom is 0.259 e. The number of carbonyl (C=O) groups excluding carboxylic acids is 2. The molecule has 7 nitrogen and oxygen atoms in total. The van der Waals surface area contributed by atoms with E-state index in [4.69, 9.17) is 4.42 Å². The maximum atomic E-state index is 13.0. The van der Waals surface area contributed by atoms with Gasteiger partial charge in [0.1, 0.15) is 11.5 Å². The van der Waals surface area contributed by atoms with E-state index in [2.05, 4.69) is 15.7 Å². The zero-order valence-electron chi connectivity index (χ0n) is 16.5. The highest BCUT2D eigenvalue weighted by molar-refractivity contribution is 6.08. The second-order valence-electron chi connectivity index (χ2n) is 6.79. The molecule has 2 amide bonds. The molecule has 2 aromatic carbocycles. The van der Waals surface area contributed by atoms with Crippen molar-refractivity contribution in [2.24, 2.45) is 0 Å². The minimum absolute atomic E-state index is 0.154. The molecule has 4 rings (SSSR count). The van der Waals surface area contributed by atoms with Crippen LogP contribution in [0.15, 0.2) is 77.3 Å². The van der Waals surface area contributed by atoms with Crippen molar-refractivity contribution in [3.63, 3.8) is 0 Å². The lowest BCUT2D eigenvalue weighted by Crippen LogP contribution is -2.12. The Balaban J connectivity index is 1.65. The van der Waals surface area contributed by atoms with Crippen molar-refractivity contribution >= 4 is 23.2 Å². The van der Waals surface area contributed by atoms with E-state index in [-0.39, 0.29) is 11.8 Å². The third kappa shape index (κ3) is 4.15. The summed E-state index contributed by atoms with van der Waals surface area (Å²) in [5.41, 5.74) is 2.94. The Morgan fingerprint density at radius 1 is 0.900 bits per heavy atom. The summed E-state index contributed by atoms with van der Waals surface area (Å²) >= 11 is 0. The SMILES string of the molecule is CC(=O)Nc1ccc(NC(=O)c2cn(-c3ccccc3)nc2-c2ccc(C)o2)cc1. The molecular weight excluding hydrogens is 380 g/mol. The van der Waals surface area contributed by atoms with Crippen LogP contribution in [0.25, 0.3) is 17.1 Å². The van der Waals surface area contributed by atoms with Crippen LogP contribution >= 0.6 is 0 Å². The van der Waals surface area contributed by atoms with Crippen LogP contribution < -0.4 is 10.6 Å². The standard InChI is InChI=1S/C23H20N4O3/c1-15-8-13-21(30-15)22-20(14-27(26-22)19-6-4-3-5-7-19)23(29)25-18-11-9-17(10-12-18)24-16(2)28/h3-14H,1-2H3,(H,24,28)(H,25,29). The first-order chi connectivity index (χ1) is 14.5. The van der Waals surface area contributed by atoms with Crippen LogP contribution in [-0.2, 0) is 4.79 Å². The molecule has 0 spiro atoms. The van der Waals surface area contributed by atoms with Gasteiger partial charge in [-0.1, -0.05) is 18.2 Å². The molecule has 4 aromatic rings. The zero-order chi connectivity index (χ0) is 21.1. The number of nitrogens with zero attached hydrogens (tertiary/aromatic N) is 2. The van der Waals surface area contributed by atoms with Crippen molar-refractivity contribution < 1.29 is 14.0 Å². The number of benzene rings is 2. The molecule has 0 fully saturated rings. The molecule has 0 unspecified atom stereocenters. The van der Waals surface area contributed by atoms with Gasteiger partial charge in [0.15, 0.2) is 5.76 Å². The molecule has 7 heteroatoms. The summed E-state index contributed by atoms with van der Waals surface area (Å²) < 4.78 is 7.37. The quantitative estimate of drug-likeness (QED) is 0.510. The smallest absolute Gasteiger partial charge is 0.259 e. The Kier molecular flexibility index (Phi) is 5.17. The first-order valence-electron chi connectivity index (χ1n) is 9.40. The predicted molar refractivity (Wildman–Crippen MR) is 115 cm³/mol. The van der Waals surface area contributed by atoms with Gasteiger partial charge in [-0.25, -0.2) is 4.68 Å². The number of rotatable bonds is 5. The number of carbonyl (C=O) groups is 2. The normalized spacial score (nSPS) is 10.6. The van der Waals surface area contributed by atoms with Crippen LogP contribution in [0.3, 0.4) is 0 Å². The predicted octanol–water partition coefficient (Wildman–Crippen LogP) is 4.65. The second kappa shape index (κ2) is 8.08. The van der Waals surface area contributed by atoms with Gasteiger partial charge in [0, 0.05) is 24.5 Å². The number of nitrogens with one attached hydrogen (secondary N) is 2. The molecule has 150 valence electrons. The van der Waals surface area contributed by atoms with Crippen molar-refractivity contribution in [1.29, 1.82) is 0 Å². The number of hydrogen-bond donors (Lipinski definition) is 2. The Hall–Kier alpha value is -4.13. The number of aromatic nitrogens is 2. The average Bonchev–Trinajstić information content (AvgIpc) is 3.36. The molecule has 0 atom stereocenters. The number of furan rings is 1. The van der Waals surface area contributed by atoms with Crippen molar-refractivity contribution in [2.45, 2.75) is 13.8 Å². The van der Waals surface area contributed by atoms with Gasteiger partial charge in [0.25, 0.3) is 5.91 Å². The lowest BCUT2D eigenvalue weighted by molar-refractivity contribution is -0.114. The van der Waals surface area contributed by atoms with Gasteiger partial charge in [0.2, 0.25) is 5.91 Å². The van der Waals surface area contributed by atoms with Crippen molar-refractivity contribution in [2.75, 3.05) is 10.6 Å². The van der Waals surface area contributed by atoms with E-state index in [1.54, 1.807) is 41.2 Å². The molecule has 0 aliphatic carbocycles. The summed E-state index contributed by atoms with van der Waals surface area (Å²) in [6, 6.07) is 20.1. The van der Waals surface area contributed by atoms with E-state index in [9.17, 15) is 9.59 Å². The lowest BCUT2D eigenvalue weighted by Gasteiger charge is -2.06. The number of aryl methyl sites for hydroxylation is 1. The molecule has 0 bridgehead atoms. The van der Waals surface area contributed by atoms with Gasteiger partial charge in [-0.15, -0.1) is 0 Å². The molecule has 0 aliphatic rings. The molecule has 2 heterocycles. The van der Waals surface area contributed by atoms with Gasteiger partial charge >= 0.3 is 0 Å². The largest absolute Gasteiger partial charge is 0.460 e. The molecule has 2 aromatic heterocycles. The Morgan fingerprint density at radius 2 is 1.57 bits per heavy atom. The fourth-order valence-electron chi connectivity index (χ4n) is 3.04. The number of amides is 2. The highest BCUT2D eigenvalue weighted by Crippen LogP contribution is 2.26. The van der Waals surface area contributed by atoms with E-state index in [0.717, 1.165) is 11.4 Å². The maximum absolute atomic E-state index is 13.0. The number of para-hydroxylation sites is 1. The second-order valence-corrected chi connectivity index (χ2v) is 6.79. The summed E-state index contributed by atoms with van der Waals surface area (Å²) in [7, 11) is 0. The monoisotopic (exact) mass is 400 g/mol. The Labute approximate surface area is 173 Å². The topological polar surface area (TPSA) is 89.2 Å². The first-order valence-corrected chi connectivity index (χ1v) is 9.40. The highest BCUT2D eigenvalue weighted by atomic mass is 16.3. The van der Waals surface area contributed by atoms with E-state index in [1.165, 1.54) is 6.92 Å². The molecule has 0 radical (unpaired) electrons. The Morgan fingerprint density at radius 3 is 2.17 bits per heavy atom. The number of hydrogen-bond acceptors (Lipinski definition) is 4. The van der Waals surface area contributed by atoms with Crippen LogP contribution in [0.2, 0.25) is 0 Å². The van der Waals surface area contributed by atoms with Gasteiger partial charge in [-0.05, 0) is 55.5 Å². The minimum Gasteiger partial charge on any atom is -0.460 e. The molecular formula is C23H20N4O3. The number of anilines is 2. The third-order valence-corrected chi connectivity index (χ3v) is 4.42.